The third-order valence-electron chi connectivity index (χ3n) is 5.04. The van der Waals surface area contributed by atoms with Crippen molar-refractivity contribution in [3.8, 4) is 0 Å². The summed E-state index contributed by atoms with van der Waals surface area (Å²) in [6, 6.07) is 7.39. The lowest BCUT2D eigenvalue weighted by atomic mass is 9.74. The second kappa shape index (κ2) is 7.27. The molecule has 0 atom stereocenters. The molecule has 0 saturated heterocycles. The highest BCUT2D eigenvalue weighted by molar-refractivity contribution is 5.99. The predicted octanol–water partition coefficient (Wildman–Crippen LogP) is 3.34. The molecule has 0 bridgehead atoms. The maximum Gasteiger partial charge on any atom is 0.311 e. The highest BCUT2D eigenvalue weighted by atomic mass is 16.5. The van der Waals surface area contributed by atoms with Gasteiger partial charge >= 0.3 is 5.97 Å². The summed E-state index contributed by atoms with van der Waals surface area (Å²) in [5.74, 6) is -1.04. The van der Waals surface area contributed by atoms with Crippen molar-refractivity contribution in [1.29, 1.82) is 0 Å². The van der Waals surface area contributed by atoms with Gasteiger partial charge in [-0.2, -0.15) is 0 Å². The van der Waals surface area contributed by atoms with Gasteiger partial charge in [0, 0.05) is 24.6 Å². The van der Waals surface area contributed by atoms with Crippen molar-refractivity contribution < 1.29 is 23.8 Å². The molecule has 1 heterocycles. The van der Waals surface area contributed by atoms with Crippen LogP contribution in [-0.2, 0) is 16.1 Å². The van der Waals surface area contributed by atoms with Gasteiger partial charge in [-0.3, -0.25) is 9.59 Å². The maximum absolute atomic E-state index is 12.7. The smallest absolute Gasteiger partial charge is 0.311 e. The molecule has 1 aliphatic carbocycles. The molecule has 1 saturated carbocycles. The number of furan rings is 1. The van der Waals surface area contributed by atoms with Crippen LogP contribution >= 0.6 is 0 Å². The number of benzene rings is 1. The van der Waals surface area contributed by atoms with Crippen LogP contribution in [0, 0.1) is 5.41 Å². The third kappa shape index (κ3) is 3.39. The van der Waals surface area contributed by atoms with E-state index in [9.17, 15) is 14.7 Å². The number of carboxylic acids is 1. The summed E-state index contributed by atoms with van der Waals surface area (Å²) in [6.45, 7) is 0.370. The van der Waals surface area contributed by atoms with Crippen molar-refractivity contribution in [2.45, 2.75) is 38.7 Å². The van der Waals surface area contributed by atoms with Gasteiger partial charge in [-0.25, -0.2) is 0 Å². The largest absolute Gasteiger partial charge is 0.481 e. The molecule has 1 aliphatic rings. The Morgan fingerprint density at radius 3 is 2.64 bits per heavy atom. The van der Waals surface area contributed by atoms with E-state index in [0.717, 1.165) is 24.6 Å². The summed E-state index contributed by atoms with van der Waals surface area (Å²) in [7, 11) is 1.56. The topological polar surface area (TPSA) is 88.8 Å². The molecule has 134 valence electrons. The molecule has 1 fully saturated rings. The van der Waals surface area contributed by atoms with Gasteiger partial charge in [0.1, 0.15) is 5.58 Å². The standard InChI is InChI=1S/C19H23NO5/c1-24-11-14-13-7-3-4-8-15(13)25-16(14)17(21)20-12-19(18(22)23)9-5-2-6-10-19/h3-4,7-8H,2,5-6,9-12H2,1H3,(H,20,21)(H,22,23). The molecule has 6 heteroatoms. The SMILES string of the molecule is COCc1c(C(=O)NCC2(C(=O)O)CCCCC2)oc2ccccc12. The highest BCUT2D eigenvalue weighted by Crippen LogP contribution is 2.36. The number of hydrogen-bond acceptors (Lipinski definition) is 4. The van der Waals surface area contributed by atoms with E-state index in [1.54, 1.807) is 13.2 Å². The van der Waals surface area contributed by atoms with E-state index in [0.29, 0.717) is 24.0 Å². The summed E-state index contributed by atoms with van der Waals surface area (Å²) >= 11 is 0. The Hall–Kier alpha value is -2.34. The van der Waals surface area contributed by atoms with Gasteiger partial charge in [0.15, 0.2) is 5.76 Å². The zero-order valence-electron chi connectivity index (χ0n) is 14.3. The van der Waals surface area contributed by atoms with Crippen LogP contribution in [0.25, 0.3) is 11.0 Å². The number of carbonyl (C=O) groups excluding carboxylic acids is 1. The number of rotatable bonds is 6. The van der Waals surface area contributed by atoms with Crippen molar-refractivity contribution in [1.82, 2.24) is 5.32 Å². The van der Waals surface area contributed by atoms with Crippen LogP contribution in [0.15, 0.2) is 28.7 Å². The van der Waals surface area contributed by atoms with Crippen LogP contribution in [0.2, 0.25) is 0 Å². The van der Waals surface area contributed by atoms with Gasteiger partial charge in [0.2, 0.25) is 0 Å². The number of nitrogens with one attached hydrogen (secondary N) is 1. The van der Waals surface area contributed by atoms with Gasteiger partial charge < -0.3 is 19.6 Å². The van der Waals surface area contributed by atoms with E-state index < -0.39 is 17.3 Å². The third-order valence-corrected chi connectivity index (χ3v) is 5.04. The van der Waals surface area contributed by atoms with Crippen molar-refractivity contribution in [3.63, 3.8) is 0 Å². The van der Waals surface area contributed by atoms with Crippen LogP contribution in [0.4, 0.5) is 0 Å². The Balaban J connectivity index is 1.82. The lowest BCUT2D eigenvalue weighted by Crippen LogP contribution is -2.44. The maximum atomic E-state index is 12.7. The van der Waals surface area contributed by atoms with E-state index in [2.05, 4.69) is 5.32 Å². The van der Waals surface area contributed by atoms with E-state index >= 15 is 0 Å². The van der Waals surface area contributed by atoms with Crippen molar-refractivity contribution >= 4 is 22.8 Å². The molecule has 2 N–H and O–H groups in total. The number of carbonyl (C=O) groups is 2. The lowest BCUT2D eigenvalue weighted by molar-refractivity contribution is -0.150. The highest BCUT2D eigenvalue weighted by Gasteiger charge is 2.40. The summed E-state index contributed by atoms with van der Waals surface area (Å²) in [4.78, 5) is 24.4. The summed E-state index contributed by atoms with van der Waals surface area (Å²) in [5, 5.41) is 13.2. The normalized spacial score (nSPS) is 16.7. The lowest BCUT2D eigenvalue weighted by Gasteiger charge is -2.33. The first kappa shape index (κ1) is 17.5. The predicted molar refractivity (Wildman–Crippen MR) is 92.4 cm³/mol. The van der Waals surface area contributed by atoms with Gasteiger partial charge in [-0.1, -0.05) is 37.5 Å². The van der Waals surface area contributed by atoms with Gasteiger partial charge in [0.05, 0.1) is 12.0 Å². The van der Waals surface area contributed by atoms with Crippen LogP contribution in [0.1, 0.15) is 48.2 Å². The first-order valence-electron chi connectivity index (χ1n) is 8.58. The number of hydrogen-bond donors (Lipinski definition) is 2. The summed E-state index contributed by atoms with van der Waals surface area (Å²) < 4.78 is 10.9. The zero-order chi connectivity index (χ0) is 17.9. The molecule has 1 amide bonds. The second-order valence-corrected chi connectivity index (χ2v) is 6.67. The van der Waals surface area contributed by atoms with E-state index in [4.69, 9.17) is 9.15 Å². The number of methoxy groups -OCH3 is 1. The monoisotopic (exact) mass is 345 g/mol. The minimum Gasteiger partial charge on any atom is -0.481 e. The van der Waals surface area contributed by atoms with E-state index in [-0.39, 0.29) is 18.9 Å². The molecule has 1 aromatic heterocycles. The zero-order valence-corrected chi connectivity index (χ0v) is 14.3. The fraction of sp³-hybridized carbons (Fsp3) is 0.474. The van der Waals surface area contributed by atoms with Gasteiger partial charge in [0.25, 0.3) is 5.91 Å². The first-order valence-corrected chi connectivity index (χ1v) is 8.58. The molecule has 3 rings (SSSR count). The average molecular weight is 345 g/mol. The molecule has 0 spiro atoms. The quantitative estimate of drug-likeness (QED) is 0.838. The van der Waals surface area contributed by atoms with E-state index in [1.807, 2.05) is 18.2 Å². The fourth-order valence-corrected chi connectivity index (χ4v) is 3.59. The number of fused-ring (bicyclic) bond motifs is 1. The van der Waals surface area contributed by atoms with Crippen LogP contribution < -0.4 is 5.32 Å². The van der Waals surface area contributed by atoms with Crippen molar-refractivity contribution in [2.75, 3.05) is 13.7 Å². The number of para-hydroxylation sites is 1. The molecule has 6 nitrogen and oxygen atoms in total. The molecule has 0 radical (unpaired) electrons. The van der Waals surface area contributed by atoms with Crippen LogP contribution in [-0.4, -0.2) is 30.6 Å². The molecular weight excluding hydrogens is 322 g/mol. The Kier molecular flexibility index (Phi) is 5.08. The minimum atomic E-state index is -0.874. The Morgan fingerprint density at radius 1 is 1.24 bits per heavy atom. The summed E-state index contributed by atoms with van der Waals surface area (Å²) in [5.41, 5.74) is 0.426. The first-order chi connectivity index (χ1) is 12.1. The van der Waals surface area contributed by atoms with Gasteiger partial charge in [-0.15, -0.1) is 0 Å². The second-order valence-electron chi connectivity index (χ2n) is 6.67. The van der Waals surface area contributed by atoms with Crippen LogP contribution in [0.5, 0.6) is 0 Å². The molecule has 0 aliphatic heterocycles. The van der Waals surface area contributed by atoms with Crippen molar-refractivity contribution in [3.05, 3.63) is 35.6 Å². The van der Waals surface area contributed by atoms with Gasteiger partial charge in [-0.05, 0) is 18.9 Å². The number of amides is 1. The number of carboxylic acid groups (broad SMARTS) is 1. The molecule has 2 aromatic rings. The molecule has 25 heavy (non-hydrogen) atoms. The number of ether oxygens (including phenoxy) is 1. The Morgan fingerprint density at radius 2 is 1.96 bits per heavy atom. The Labute approximate surface area is 146 Å². The Bertz CT molecular complexity index is 773. The molecule has 1 aromatic carbocycles. The molecule has 0 unspecified atom stereocenters. The molecular formula is C19H23NO5. The minimum absolute atomic E-state index is 0.116. The summed E-state index contributed by atoms with van der Waals surface area (Å²) in [6.07, 6.45) is 3.98. The van der Waals surface area contributed by atoms with E-state index in [1.165, 1.54) is 0 Å². The fourth-order valence-electron chi connectivity index (χ4n) is 3.59. The number of aliphatic carboxylic acids is 1. The van der Waals surface area contributed by atoms with Crippen molar-refractivity contribution in [2.24, 2.45) is 5.41 Å². The average Bonchev–Trinajstić information content (AvgIpc) is 3.00. The van der Waals surface area contributed by atoms with Crippen LogP contribution in [0.3, 0.4) is 0 Å².